The van der Waals surface area contributed by atoms with Crippen LogP contribution in [-0.2, 0) is 10.9 Å². The maximum absolute atomic E-state index is 12.1. The van der Waals surface area contributed by atoms with Crippen molar-refractivity contribution >= 4 is 11.9 Å². The van der Waals surface area contributed by atoms with Gasteiger partial charge in [-0.2, -0.15) is 18.2 Å². The van der Waals surface area contributed by atoms with Crippen LogP contribution in [0.25, 0.3) is 0 Å². The lowest BCUT2D eigenvalue weighted by molar-refractivity contribution is -0.156. The van der Waals surface area contributed by atoms with E-state index >= 15 is 0 Å². The molecular formula is C7H7F3N2O3. The van der Waals surface area contributed by atoms with Crippen molar-refractivity contribution in [3.8, 4) is 0 Å². The predicted molar refractivity (Wildman–Crippen MR) is 41.9 cm³/mol. The fraction of sp³-hybridized carbons (Fsp3) is 0.429. The van der Waals surface area contributed by atoms with Crippen LogP contribution in [0, 0.1) is 0 Å². The number of nitrogen functional groups attached to an aromatic ring is 1. The van der Waals surface area contributed by atoms with Gasteiger partial charge in [-0.05, 0) is 6.92 Å². The van der Waals surface area contributed by atoms with Crippen LogP contribution in [0.5, 0.6) is 0 Å². The number of anilines is 1. The number of alkyl halides is 3. The van der Waals surface area contributed by atoms with Crippen molar-refractivity contribution in [2.75, 3.05) is 12.3 Å². The average molecular weight is 224 g/mol. The Bertz CT molecular complexity index is 372. The Morgan fingerprint density at radius 1 is 1.60 bits per heavy atom. The standard InChI is InChI=1S/C7H7F3N2O3/c1-2-14-5(13)3-4(11)15-6(12-3)7(8,9)10/h2,11H2,1H3. The van der Waals surface area contributed by atoms with Gasteiger partial charge in [-0.15, -0.1) is 0 Å². The summed E-state index contributed by atoms with van der Waals surface area (Å²) in [5.74, 6) is -3.32. The molecule has 0 saturated heterocycles. The van der Waals surface area contributed by atoms with E-state index in [1.807, 2.05) is 0 Å². The quantitative estimate of drug-likeness (QED) is 0.769. The number of ether oxygens (including phenoxy) is 1. The molecule has 1 heterocycles. The van der Waals surface area contributed by atoms with E-state index in [4.69, 9.17) is 5.73 Å². The average Bonchev–Trinajstić information content (AvgIpc) is 2.47. The molecule has 15 heavy (non-hydrogen) atoms. The van der Waals surface area contributed by atoms with Crippen molar-refractivity contribution in [2.45, 2.75) is 13.1 Å². The second-order valence-corrected chi connectivity index (χ2v) is 2.45. The summed E-state index contributed by atoms with van der Waals surface area (Å²) in [6, 6.07) is 0. The molecule has 5 nitrogen and oxygen atoms in total. The molecule has 0 radical (unpaired) electrons. The van der Waals surface area contributed by atoms with Gasteiger partial charge >= 0.3 is 18.0 Å². The SMILES string of the molecule is CCOC(=O)c1nc(C(F)(F)F)oc1N. The molecule has 0 spiro atoms. The number of hydrogen-bond donors (Lipinski definition) is 1. The Kier molecular flexibility index (Phi) is 2.87. The first-order chi connectivity index (χ1) is 6.86. The van der Waals surface area contributed by atoms with E-state index in [-0.39, 0.29) is 6.61 Å². The molecule has 0 aliphatic carbocycles. The first-order valence-corrected chi connectivity index (χ1v) is 3.87. The van der Waals surface area contributed by atoms with Gasteiger partial charge < -0.3 is 14.9 Å². The minimum absolute atomic E-state index is 0.00643. The van der Waals surface area contributed by atoms with Crippen LogP contribution in [0.1, 0.15) is 23.3 Å². The van der Waals surface area contributed by atoms with Crippen molar-refractivity contribution in [3.05, 3.63) is 11.6 Å². The van der Waals surface area contributed by atoms with Gasteiger partial charge in [0.2, 0.25) is 11.6 Å². The number of nitrogens with zero attached hydrogens (tertiary/aromatic N) is 1. The predicted octanol–water partition coefficient (Wildman–Crippen LogP) is 1.45. The van der Waals surface area contributed by atoms with Gasteiger partial charge in [0, 0.05) is 0 Å². The Morgan fingerprint density at radius 3 is 2.60 bits per heavy atom. The molecule has 84 valence electrons. The molecule has 0 bridgehead atoms. The zero-order chi connectivity index (χ0) is 11.6. The topological polar surface area (TPSA) is 78.3 Å². The largest absolute Gasteiger partial charge is 0.469 e. The van der Waals surface area contributed by atoms with Gasteiger partial charge in [-0.1, -0.05) is 0 Å². The highest BCUT2D eigenvalue weighted by atomic mass is 19.4. The van der Waals surface area contributed by atoms with E-state index in [0.717, 1.165) is 0 Å². The molecule has 0 aliphatic rings. The third kappa shape index (κ3) is 2.39. The molecule has 0 amide bonds. The number of rotatable bonds is 2. The minimum Gasteiger partial charge on any atom is -0.461 e. The van der Waals surface area contributed by atoms with Gasteiger partial charge in [0.05, 0.1) is 6.61 Å². The van der Waals surface area contributed by atoms with Crippen molar-refractivity contribution < 1.29 is 27.1 Å². The van der Waals surface area contributed by atoms with Crippen LogP contribution < -0.4 is 5.73 Å². The number of esters is 1. The summed E-state index contributed by atoms with van der Waals surface area (Å²) in [5.41, 5.74) is 4.38. The molecule has 0 fully saturated rings. The van der Waals surface area contributed by atoms with E-state index < -0.39 is 29.6 Å². The van der Waals surface area contributed by atoms with Gasteiger partial charge in [0.25, 0.3) is 0 Å². The smallest absolute Gasteiger partial charge is 0.461 e. The summed E-state index contributed by atoms with van der Waals surface area (Å²) in [6.45, 7) is 1.51. The summed E-state index contributed by atoms with van der Waals surface area (Å²) in [6.07, 6.45) is -4.78. The molecular weight excluding hydrogens is 217 g/mol. The lowest BCUT2D eigenvalue weighted by Gasteiger charge is -1.97. The molecule has 0 aliphatic heterocycles. The van der Waals surface area contributed by atoms with Crippen LogP contribution in [0.4, 0.5) is 19.1 Å². The number of aromatic nitrogens is 1. The molecule has 1 rings (SSSR count). The van der Waals surface area contributed by atoms with Gasteiger partial charge in [0.1, 0.15) is 0 Å². The normalized spacial score (nSPS) is 11.5. The molecule has 8 heteroatoms. The molecule has 0 aromatic carbocycles. The molecule has 1 aromatic rings. The molecule has 2 N–H and O–H groups in total. The number of oxazole rings is 1. The van der Waals surface area contributed by atoms with Gasteiger partial charge in [-0.3, -0.25) is 0 Å². The summed E-state index contributed by atoms with van der Waals surface area (Å²) < 4.78 is 44.7. The van der Waals surface area contributed by atoms with E-state index in [2.05, 4.69) is 14.1 Å². The van der Waals surface area contributed by atoms with Crippen molar-refractivity contribution in [1.82, 2.24) is 4.98 Å². The van der Waals surface area contributed by atoms with Crippen LogP contribution in [-0.4, -0.2) is 17.6 Å². The van der Waals surface area contributed by atoms with Crippen LogP contribution >= 0.6 is 0 Å². The number of nitrogens with two attached hydrogens (primary N) is 1. The molecule has 1 aromatic heterocycles. The second-order valence-electron chi connectivity index (χ2n) is 2.45. The number of carbonyl (C=O) groups is 1. The summed E-state index contributed by atoms with van der Waals surface area (Å²) in [4.78, 5) is 13.9. The lowest BCUT2D eigenvalue weighted by atomic mass is 10.4. The van der Waals surface area contributed by atoms with Crippen molar-refractivity contribution in [1.29, 1.82) is 0 Å². The third-order valence-corrected chi connectivity index (χ3v) is 1.36. The van der Waals surface area contributed by atoms with Crippen LogP contribution in [0.15, 0.2) is 4.42 Å². The summed E-state index contributed by atoms with van der Waals surface area (Å²) in [7, 11) is 0. The van der Waals surface area contributed by atoms with Crippen LogP contribution in [0.3, 0.4) is 0 Å². The Hall–Kier alpha value is -1.73. The highest BCUT2D eigenvalue weighted by Gasteiger charge is 2.39. The Labute approximate surface area is 82.0 Å². The van der Waals surface area contributed by atoms with E-state index in [0.29, 0.717) is 0 Å². The van der Waals surface area contributed by atoms with Gasteiger partial charge in [0.15, 0.2) is 0 Å². The summed E-state index contributed by atoms with van der Waals surface area (Å²) >= 11 is 0. The first kappa shape index (κ1) is 11.3. The van der Waals surface area contributed by atoms with E-state index in [1.54, 1.807) is 0 Å². The van der Waals surface area contributed by atoms with E-state index in [1.165, 1.54) is 6.92 Å². The molecule has 0 saturated carbocycles. The summed E-state index contributed by atoms with van der Waals surface area (Å²) in [5, 5.41) is 0. The lowest BCUT2D eigenvalue weighted by Crippen LogP contribution is -2.09. The number of carbonyl (C=O) groups excluding carboxylic acids is 1. The minimum atomic E-state index is -4.78. The molecule has 0 atom stereocenters. The first-order valence-electron chi connectivity index (χ1n) is 3.87. The van der Waals surface area contributed by atoms with Crippen molar-refractivity contribution in [2.24, 2.45) is 0 Å². The fourth-order valence-electron chi connectivity index (χ4n) is 0.799. The van der Waals surface area contributed by atoms with E-state index in [9.17, 15) is 18.0 Å². The fourth-order valence-corrected chi connectivity index (χ4v) is 0.799. The zero-order valence-corrected chi connectivity index (χ0v) is 7.59. The molecule has 0 unspecified atom stereocenters. The van der Waals surface area contributed by atoms with Crippen LogP contribution in [0.2, 0.25) is 0 Å². The monoisotopic (exact) mass is 224 g/mol. The van der Waals surface area contributed by atoms with Gasteiger partial charge in [-0.25, -0.2) is 4.79 Å². The zero-order valence-electron chi connectivity index (χ0n) is 7.59. The Balaban J connectivity index is 3.02. The number of halogens is 3. The van der Waals surface area contributed by atoms with Crippen molar-refractivity contribution in [3.63, 3.8) is 0 Å². The number of hydrogen-bond acceptors (Lipinski definition) is 5. The second kappa shape index (κ2) is 3.79. The highest BCUT2D eigenvalue weighted by molar-refractivity contribution is 5.91. The highest BCUT2D eigenvalue weighted by Crippen LogP contribution is 2.30. The maximum Gasteiger partial charge on any atom is 0.469 e. The third-order valence-electron chi connectivity index (χ3n) is 1.36. The maximum atomic E-state index is 12.1. The Morgan fingerprint density at radius 2 is 2.20 bits per heavy atom.